The molecular weight excluding hydrogens is 292 g/mol. The van der Waals surface area contributed by atoms with Crippen molar-refractivity contribution < 1.29 is 17.9 Å². The van der Waals surface area contributed by atoms with Crippen LogP contribution in [-0.2, 0) is 26.0 Å². The molecule has 1 atom stereocenters. The standard InChI is InChI=1S/C14H22N2O4S/c1-11-12(8-15)4-3-5-13(11)21(17,18)16-9-14(19-2)6-7-20-10-14/h3-5,16H,6-10,15H2,1-2H3. The predicted molar refractivity (Wildman–Crippen MR) is 79.4 cm³/mol. The van der Waals surface area contributed by atoms with Crippen molar-refractivity contribution in [2.24, 2.45) is 5.73 Å². The van der Waals surface area contributed by atoms with Crippen LogP contribution < -0.4 is 10.5 Å². The van der Waals surface area contributed by atoms with Crippen LogP contribution >= 0.6 is 0 Å². The monoisotopic (exact) mass is 314 g/mol. The molecule has 0 bridgehead atoms. The average Bonchev–Trinajstić information content (AvgIpc) is 2.95. The molecule has 7 heteroatoms. The third-order valence-electron chi connectivity index (χ3n) is 3.99. The molecule has 1 aliphatic rings. The first kappa shape index (κ1) is 16.4. The molecule has 1 heterocycles. The van der Waals surface area contributed by atoms with Crippen molar-refractivity contribution >= 4 is 10.0 Å². The maximum atomic E-state index is 12.5. The van der Waals surface area contributed by atoms with E-state index in [0.717, 1.165) is 5.56 Å². The predicted octanol–water partition coefficient (Wildman–Crippen LogP) is 0.538. The minimum Gasteiger partial charge on any atom is -0.378 e. The highest BCUT2D eigenvalue weighted by atomic mass is 32.2. The van der Waals surface area contributed by atoms with Crippen LogP contribution in [0, 0.1) is 6.92 Å². The number of rotatable bonds is 6. The van der Waals surface area contributed by atoms with E-state index in [1.165, 1.54) is 0 Å². The summed E-state index contributed by atoms with van der Waals surface area (Å²) in [6.07, 6.45) is 0.674. The fourth-order valence-corrected chi connectivity index (χ4v) is 3.84. The maximum Gasteiger partial charge on any atom is 0.240 e. The Kier molecular flexibility index (Phi) is 5.00. The summed E-state index contributed by atoms with van der Waals surface area (Å²) in [6.45, 7) is 3.25. The van der Waals surface area contributed by atoms with Crippen LogP contribution in [0.4, 0.5) is 0 Å². The van der Waals surface area contributed by atoms with Crippen LogP contribution in [0.15, 0.2) is 23.1 Å². The van der Waals surface area contributed by atoms with Gasteiger partial charge in [0.05, 0.1) is 11.5 Å². The highest BCUT2D eigenvalue weighted by molar-refractivity contribution is 7.89. The Balaban J connectivity index is 2.19. The van der Waals surface area contributed by atoms with Crippen molar-refractivity contribution in [1.29, 1.82) is 0 Å². The molecule has 0 aliphatic carbocycles. The van der Waals surface area contributed by atoms with E-state index in [1.807, 2.05) is 6.07 Å². The lowest BCUT2D eigenvalue weighted by Crippen LogP contribution is -2.45. The number of hydrogen-bond donors (Lipinski definition) is 2. The van der Waals surface area contributed by atoms with Crippen molar-refractivity contribution in [1.82, 2.24) is 4.72 Å². The van der Waals surface area contributed by atoms with Gasteiger partial charge in [-0.05, 0) is 24.1 Å². The second-order valence-electron chi connectivity index (χ2n) is 5.26. The molecule has 21 heavy (non-hydrogen) atoms. The van der Waals surface area contributed by atoms with Gasteiger partial charge in [-0.15, -0.1) is 0 Å². The summed E-state index contributed by atoms with van der Waals surface area (Å²) in [7, 11) is -2.03. The van der Waals surface area contributed by atoms with Gasteiger partial charge in [-0.25, -0.2) is 13.1 Å². The van der Waals surface area contributed by atoms with Gasteiger partial charge in [0, 0.05) is 33.2 Å². The van der Waals surface area contributed by atoms with Crippen molar-refractivity contribution in [3.8, 4) is 0 Å². The Morgan fingerprint density at radius 2 is 2.24 bits per heavy atom. The molecule has 1 aliphatic heterocycles. The maximum absolute atomic E-state index is 12.5. The van der Waals surface area contributed by atoms with Gasteiger partial charge in [-0.2, -0.15) is 0 Å². The van der Waals surface area contributed by atoms with E-state index in [9.17, 15) is 8.42 Å². The van der Waals surface area contributed by atoms with Crippen LogP contribution in [0.3, 0.4) is 0 Å². The minimum absolute atomic E-state index is 0.193. The number of nitrogens with two attached hydrogens (primary N) is 1. The second-order valence-corrected chi connectivity index (χ2v) is 6.99. The SMILES string of the molecule is COC1(CNS(=O)(=O)c2cccc(CN)c2C)CCOC1. The van der Waals surface area contributed by atoms with Gasteiger partial charge in [0.2, 0.25) is 10.0 Å². The van der Waals surface area contributed by atoms with Crippen molar-refractivity contribution in [2.45, 2.75) is 30.4 Å². The summed E-state index contributed by atoms with van der Waals surface area (Å²) in [5, 5.41) is 0. The van der Waals surface area contributed by atoms with Gasteiger partial charge < -0.3 is 15.2 Å². The lowest BCUT2D eigenvalue weighted by Gasteiger charge is -2.26. The molecule has 0 saturated carbocycles. The van der Waals surface area contributed by atoms with Crippen molar-refractivity contribution in [3.05, 3.63) is 29.3 Å². The molecule has 1 aromatic carbocycles. The quantitative estimate of drug-likeness (QED) is 0.799. The zero-order valence-electron chi connectivity index (χ0n) is 12.4. The fraction of sp³-hybridized carbons (Fsp3) is 0.571. The number of ether oxygens (including phenoxy) is 2. The zero-order valence-corrected chi connectivity index (χ0v) is 13.2. The Morgan fingerprint density at radius 1 is 1.48 bits per heavy atom. The number of benzene rings is 1. The summed E-state index contributed by atoms with van der Waals surface area (Å²) in [6, 6.07) is 5.12. The third-order valence-corrected chi connectivity index (χ3v) is 5.54. The first-order valence-electron chi connectivity index (χ1n) is 6.85. The van der Waals surface area contributed by atoms with Crippen molar-refractivity contribution in [3.63, 3.8) is 0 Å². The van der Waals surface area contributed by atoms with Crippen LogP contribution in [0.1, 0.15) is 17.5 Å². The Hall–Kier alpha value is -0.990. The van der Waals surface area contributed by atoms with Gasteiger partial charge in [-0.1, -0.05) is 12.1 Å². The molecule has 1 unspecified atom stereocenters. The molecule has 1 aromatic rings. The first-order chi connectivity index (χ1) is 9.94. The first-order valence-corrected chi connectivity index (χ1v) is 8.33. The minimum atomic E-state index is -3.60. The van der Waals surface area contributed by atoms with E-state index in [1.54, 1.807) is 26.2 Å². The lowest BCUT2D eigenvalue weighted by molar-refractivity contribution is -0.0120. The van der Waals surface area contributed by atoms with E-state index >= 15 is 0 Å². The highest BCUT2D eigenvalue weighted by Gasteiger charge is 2.36. The molecule has 2 rings (SSSR count). The highest BCUT2D eigenvalue weighted by Crippen LogP contribution is 2.23. The molecule has 0 aromatic heterocycles. The molecule has 0 amide bonds. The summed E-state index contributed by atoms with van der Waals surface area (Å²) < 4.78 is 38.3. The fourth-order valence-electron chi connectivity index (χ4n) is 2.44. The molecule has 0 spiro atoms. The van der Waals surface area contributed by atoms with Gasteiger partial charge in [0.15, 0.2) is 0 Å². The Bertz CT molecular complexity index is 595. The largest absolute Gasteiger partial charge is 0.378 e. The van der Waals surface area contributed by atoms with Crippen LogP contribution in [-0.4, -0.2) is 40.9 Å². The summed E-state index contributed by atoms with van der Waals surface area (Å²) in [4.78, 5) is 0.260. The summed E-state index contributed by atoms with van der Waals surface area (Å²) in [5.41, 5.74) is 6.55. The van der Waals surface area contributed by atoms with Crippen LogP contribution in [0.2, 0.25) is 0 Å². The van der Waals surface area contributed by atoms with Crippen LogP contribution in [0.5, 0.6) is 0 Å². The topological polar surface area (TPSA) is 90.7 Å². The smallest absolute Gasteiger partial charge is 0.240 e. The molecule has 6 nitrogen and oxygen atoms in total. The normalized spacial score (nSPS) is 22.6. The number of methoxy groups -OCH3 is 1. The Morgan fingerprint density at radius 3 is 2.81 bits per heavy atom. The van der Waals surface area contributed by atoms with E-state index in [2.05, 4.69) is 4.72 Å². The van der Waals surface area contributed by atoms with Crippen molar-refractivity contribution in [2.75, 3.05) is 26.9 Å². The Labute approximate surface area is 125 Å². The number of sulfonamides is 1. The molecule has 1 fully saturated rings. The molecule has 0 radical (unpaired) electrons. The van der Waals surface area contributed by atoms with Gasteiger partial charge in [0.25, 0.3) is 0 Å². The van der Waals surface area contributed by atoms with Gasteiger partial charge >= 0.3 is 0 Å². The van der Waals surface area contributed by atoms with Gasteiger partial charge in [-0.3, -0.25) is 0 Å². The van der Waals surface area contributed by atoms with E-state index in [-0.39, 0.29) is 11.4 Å². The average molecular weight is 314 g/mol. The lowest BCUT2D eigenvalue weighted by atomic mass is 10.0. The third kappa shape index (κ3) is 3.44. The van der Waals surface area contributed by atoms with E-state index < -0.39 is 15.6 Å². The second kappa shape index (κ2) is 6.41. The molecule has 3 N–H and O–H groups in total. The summed E-state index contributed by atoms with van der Waals surface area (Å²) in [5.74, 6) is 0. The molecule has 1 saturated heterocycles. The number of nitrogens with one attached hydrogen (secondary N) is 1. The van der Waals surface area contributed by atoms with Crippen LogP contribution in [0.25, 0.3) is 0 Å². The zero-order chi connectivity index (χ0) is 15.5. The van der Waals surface area contributed by atoms with E-state index in [4.69, 9.17) is 15.2 Å². The molecule has 118 valence electrons. The molecular formula is C14H22N2O4S. The van der Waals surface area contributed by atoms with Gasteiger partial charge in [0.1, 0.15) is 5.60 Å². The van der Waals surface area contributed by atoms with E-state index in [0.29, 0.717) is 31.7 Å². The summed E-state index contributed by atoms with van der Waals surface area (Å²) >= 11 is 0. The number of hydrogen-bond acceptors (Lipinski definition) is 5.